The minimum Gasteiger partial charge on any atom is -0.322 e. The van der Waals surface area contributed by atoms with Crippen LogP contribution >= 0.6 is 12.4 Å². The van der Waals surface area contributed by atoms with Crippen LogP contribution in [0.1, 0.15) is 42.3 Å². The van der Waals surface area contributed by atoms with Gasteiger partial charge in [-0.1, -0.05) is 51.1 Å². The number of carbonyl (C=O) groups is 1. The van der Waals surface area contributed by atoms with Gasteiger partial charge in [0.05, 0.1) is 0 Å². The highest BCUT2D eigenvalue weighted by Crippen LogP contribution is 2.23. The summed E-state index contributed by atoms with van der Waals surface area (Å²) in [5.41, 5.74) is 3.91. The SMILES string of the molecule is CNCc1ccccc1NC(=O)c1ccc(C(C)(C)C)cc1.Cl. The van der Waals surface area contributed by atoms with Crippen LogP contribution in [0.4, 0.5) is 5.69 Å². The van der Waals surface area contributed by atoms with Gasteiger partial charge in [0.2, 0.25) is 0 Å². The van der Waals surface area contributed by atoms with Crippen molar-refractivity contribution in [1.82, 2.24) is 5.32 Å². The van der Waals surface area contributed by atoms with Crippen molar-refractivity contribution in [3.05, 3.63) is 65.2 Å². The third kappa shape index (κ3) is 5.08. The van der Waals surface area contributed by atoms with Crippen LogP contribution in [0.25, 0.3) is 0 Å². The van der Waals surface area contributed by atoms with Gasteiger partial charge in [0.15, 0.2) is 0 Å². The van der Waals surface area contributed by atoms with E-state index in [2.05, 4.69) is 31.4 Å². The molecule has 0 saturated carbocycles. The number of carbonyl (C=O) groups excluding carboxylic acids is 1. The highest BCUT2D eigenvalue weighted by Gasteiger charge is 2.14. The minimum atomic E-state index is -0.0796. The lowest BCUT2D eigenvalue weighted by molar-refractivity contribution is 0.102. The predicted octanol–water partition coefficient (Wildman–Crippen LogP) is 4.38. The van der Waals surface area contributed by atoms with Gasteiger partial charge in [0, 0.05) is 17.8 Å². The van der Waals surface area contributed by atoms with E-state index < -0.39 is 0 Å². The molecule has 0 spiro atoms. The van der Waals surface area contributed by atoms with Crippen LogP contribution in [0.15, 0.2) is 48.5 Å². The summed E-state index contributed by atoms with van der Waals surface area (Å²) in [5.74, 6) is -0.0796. The Hall–Kier alpha value is -1.84. The quantitative estimate of drug-likeness (QED) is 0.872. The number of hydrogen-bond donors (Lipinski definition) is 2. The van der Waals surface area contributed by atoms with Crippen molar-refractivity contribution >= 4 is 24.0 Å². The van der Waals surface area contributed by atoms with Crippen molar-refractivity contribution < 1.29 is 4.79 Å². The monoisotopic (exact) mass is 332 g/mol. The third-order valence-electron chi connectivity index (χ3n) is 3.65. The van der Waals surface area contributed by atoms with Gasteiger partial charge in [0.25, 0.3) is 5.91 Å². The van der Waals surface area contributed by atoms with Crippen molar-refractivity contribution in [2.45, 2.75) is 32.7 Å². The Kier molecular flexibility index (Phi) is 6.79. The molecule has 0 aliphatic carbocycles. The fourth-order valence-corrected chi connectivity index (χ4v) is 2.30. The molecule has 0 atom stereocenters. The maximum Gasteiger partial charge on any atom is 0.255 e. The van der Waals surface area contributed by atoms with E-state index in [1.807, 2.05) is 55.6 Å². The van der Waals surface area contributed by atoms with Gasteiger partial charge in [-0.15, -0.1) is 12.4 Å². The molecule has 0 fully saturated rings. The molecule has 0 aromatic heterocycles. The Morgan fingerprint density at radius 2 is 1.61 bits per heavy atom. The molecule has 0 heterocycles. The van der Waals surface area contributed by atoms with Crippen molar-refractivity contribution in [2.24, 2.45) is 0 Å². The van der Waals surface area contributed by atoms with E-state index in [0.717, 1.165) is 17.8 Å². The van der Waals surface area contributed by atoms with Gasteiger partial charge < -0.3 is 10.6 Å². The first-order valence-corrected chi connectivity index (χ1v) is 7.56. The third-order valence-corrected chi connectivity index (χ3v) is 3.65. The van der Waals surface area contributed by atoms with Crippen LogP contribution in [-0.2, 0) is 12.0 Å². The highest BCUT2D eigenvalue weighted by atomic mass is 35.5. The fraction of sp³-hybridized carbons (Fsp3) is 0.316. The summed E-state index contributed by atoms with van der Waals surface area (Å²) in [7, 11) is 1.89. The molecule has 0 aliphatic rings. The number of rotatable bonds is 4. The molecule has 23 heavy (non-hydrogen) atoms. The van der Waals surface area contributed by atoms with Crippen LogP contribution < -0.4 is 10.6 Å². The molecule has 0 unspecified atom stereocenters. The van der Waals surface area contributed by atoms with Crippen molar-refractivity contribution in [3.63, 3.8) is 0 Å². The summed E-state index contributed by atoms with van der Waals surface area (Å²) < 4.78 is 0. The van der Waals surface area contributed by atoms with E-state index in [1.54, 1.807) is 0 Å². The predicted molar refractivity (Wildman–Crippen MR) is 99.5 cm³/mol. The molecule has 2 N–H and O–H groups in total. The largest absolute Gasteiger partial charge is 0.322 e. The molecule has 2 aromatic carbocycles. The van der Waals surface area contributed by atoms with Crippen molar-refractivity contribution in [2.75, 3.05) is 12.4 Å². The summed E-state index contributed by atoms with van der Waals surface area (Å²) in [5, 5.41) is 6.10. The topological polar surface area (TPSA) is 41.1 Å². The standard InChI is InChI=1S/C19H24N2O.ClH/c1-19(2,3)16-11-9-14(10-12-16)18(22)21-17-8-6-5-7-15(17)13-20-4;/h5-12,20H,13H2,1-4H3,(H,21,22);1H. The van der Waals surface area contributed by atoms with E-state index in [1.165, 1.54) is 5.56 Å². The van der Waals surface area contributed by atoms with Crippen LogP contribution in [0, 0.1) is 0 Å². The van der Waals surface area contributed by atoms with Crippen LogP contribution in [0.3, 0.4) is 0 Å². The zero-order valence-electron chi connectivity index (χ0n) is 14.1. The average molecular weight is 333 g/mol. The van der Waals surface area contributed by atoms with Gasteiger partial charge in [-0.3, -0.25) is 4.79 Å². The first kappa shape index (κ1) is 19.2. The van der Waals surface area contributed by atoms with Gasteiger partial charge >= 0.3 is 0 Å². The summed E-state index contributed by atoms with van der Waals surface area (Å²) >= 11 is 0. The van der Waals surface area contributed by atoms with E-state index in [0.29, 0.717) is 5.56 Å². The van der Waals surface area contributed by atoms with Gasteiger partial charge in [-0.25, -0.2) is 0 Å². The van der Waals surface area contributed by atoms with Gasteiger partial charge in [-0.2, -0.15) is 0 Å². The molecule has 2 aromatic rings. The number of para-hydroxylation sites is 1. The number of anilines is 1. The van der Waals surface area contributed by atoms with Crippen LogP contribution in [-0.4, -0.2) is 13.0 Å². The zero-order valence-corrected chi connectivity index (χ0v) is 15.0. The molecule has 0 aliphatic heterocycles. The van der Waals surface area contributed by atoms with Crippen LogP contribution in [0.5, 0.6) is 0 Å². The molecular weight excluding hydrogens is 308 g/mol. The number of nitrogens with one attached hydrogen (secondary N) is 2. The first-order valence-electron chi connectivity index (χ1n) is 7.56. The Labute approximate surface area is 144 Å². The summed E-state index contributed by atoms with van der Waals surface area (Å²) in [6, 6.07) is 15.6. The number of benzene rings is 2. The summed E-state index contributed by atoms with van der Waals surface area (Å²) in [4.78, 5) is 12.4. The van der Waals surface area contributed by atoms with Gasteiger partial charge in [-0.05, 0) is 41.8 Å². The minimum absolute atomic E-state index is 0. The lowest BCUT2D eigenvalue weighted by atomic mass is 9.87. The number of halogens is 1. The maximum atomic E-state index is 12.4. The van der Waals surface area contributed by atoms with E-state index >= 15 is 0 Å². The van der Waals surface area contributed by atoms with Crippen molar-refractivity contribution in [1.29, 1.82) is 0 Å². The molecule has 2 rings (SSSR count). The maximum absolute atomic E-state index is 12.4. The smallest absolute Gasteiger partial charge is 0.255 e. The Morgan fingerprint density at radius 3 is 2.17 bits per heavy atom. The Balaban J connectivity index is 0.00000264. The second kappa shape index (κ2) is 8.14. The fourth-order valence-electron chi connectivity index (χ4n) is 2.30. The Bertz CT molecular complexity index is 645. The van der Waals surface area contributed by atoms with E-state index in [9.17, 15) is 4.79 Å². The summed E-state index contributed by atoms with van der Waals surface area (Å²) in [6.07, 6.45) is 0. The number of amides is 1. The van der Waals surface area contributed by atoms with Crippen molar-refractivity contribution in [3.8, 4) is 0 Å². The second-order valence-corrected chi connectivity index (χ2v) is 6.47. The van der Waals surface area contributed by atoms with Crippen LogP contribution in [0.2, 0.25) is 0 Å². The molecular formula is C19H25ClN2O. The average Bonchev–Trinajstić information content (AvgIpc) is 2.49. The molecule has 4 heteroatoms. The lowest BCUT2D eigenvalue weighted by Crippen LogP contribution is -2.16. The first-order chi connectivity index (χ1) is 10.4. The molecule has 0 saturated heterocycles. The van der Waals surface area contributed by atoms with E-state index in [-0.39, 0.29) is 23.7 Å². The molecule has 1 amide bonds. The molecule has 3 nitrogen and oxygen atoms in total. The zero-order chi connectivity index (χ0) is 16.2. The Morgan fingerprint density at radius 1 is 1.00 bits per heavy atom. The molecule has 124 valence electrons. The molecule has 0 bridgehead atoms. The highest BCUT2D eigenvalue weighted by molar-refractivity contribution is 6.04. The van der Waals surface area contributed by atoms with Gasteiger partial charge in [0.1, 0.15) is 0 Å². The van der Waals surface area contributed by atoms with E-state index in [4.69, 9.17) is 0 Å². The summed E-state index contributed by atoms with van der Waals surface area (Å²) in [6.45, 7) is 7.21. The lowest BCUT2D eigenvalue weighted by Gasteiger charge is -2.19. The molecule has 0 radical (unpaired) electrons. The second-order valence-electron chi connectivity index (χ2n) is 6.47. The number of hydrogen-bond acceptors (Lipinski definition) is 2. The normalized spacial score (nSPS) is 10.8.